The Morgan fingerprint density at radius 3 is 2.88 bits per heavy atom. The zero-order valence-corrected chi connectivity index (χ0v) is 18.0. The smallest absolute Gasteiger partial charge is 0.353 e. The Labute approximate surface area is 187 Å². The normalized spacial score (nSPS) is 12.8. The number of fused-ring (bicyclic) bond motifs is 1. The molecule has 1 amide bonds. The van der Waals surface area contributed by atoms with Crippen LogP contribution in [0.25, 0.3) is 22.5 Å². The number of carbonyl (C=O) groups is 2. The molecule has 0 aliphatic carbocycles. The van der Waals surface area contributed by atoms with Crippen LogP contribution in [-0.2, 0) is 13.5 Å². The van der Waals surface area contributed by atoms with E-state index >= 15 is 0 Å². The van der Waals surface area contributed by atoms with Crippen LogP contribution in [0.4, 0.5) is 5.95 Å². The number of nitrogens with two attached hydrogens (primary N) is 1. The molecule has 0 atom stereocenters. The first-order valence-corrected chi connectivity index (χ1v) is 10.9. The standard InChI is InChI=1S/C23H19N5O3S/c1-28-16-8-10-25-21(29)19(16)18(20(28)15-7-9-26-23(24)27-15)13-4-2-5-14(12-13)31-22(30)17-6-3-11-32-17/h2-7,9,11-12H,8,10H2,1H3,(H,25,29)(H2,24,26,27). The lowest BCUT2D eigenvalue weighted by molar-refractivity contribution is 0.0739. The number of benzene rings is 1. The van der Waals surface area contributed by atoms with Gasteiger partial charge in [0.25, 0.3) is 5.91 Å². The van der Waals surface area contributed by atoms with Crippen LogP contribution in [0, 0.1) is 0 Å². The van der Waals surface area contributed by atoms with Crippen LogP contribution in [0.5, 0.6) is 5.75 Å². The minimum absolute atomic E-state index is 0.147. The number of hydrogen-bond acceptors (Lipinski definition) is 7. The quantitative estimate of drug-likeness (QED) is 0.368. The van der Waals surface area contributed by atoms with Gasteiger partial charge in [-0.25, -0.2) is 14.8 Å². The molecular weight excluding hydrogens is 426 g/mol. The monoisotopic (exact) mass is 445 g/mol. The molecule has 4 heterocycles. The van der Waals surface area contributed by atoms with Crippen LogP contribution in [0.3, 0.4) is 0 Å². The molecule has 5 rings (SSSR count). The molecule has 1 aromatic carbocycles. The fraction of sp³-hybridized carbons (Fsp3) is 0.130. The molecule has 160 valence electrons. The van der Waals surface area contributed by atoms with Gasteiger partial charge in [0.05, 0.1) is 17.0 Å². The van der Waals surface area contributed by atoms with E-state index in [0.717, 1.165) is 17.0 Å². The van der Waals surface area contributed by atoms with E-state index in [9.17, 15) is 9.59 Å². The highest BCUT2D eigenvalue weighted by atomic mass is 32.1. The predicted molar refractivity (Wildman–Crippen MR) is 122 cm³/mol. The fourth-order valence-corrected chi connectivity index (χ4v) is 4.61. The van der Waals surface area contributed by atoms with E-state index < -0.39 is 5.97 Å². The van der Waals surface area contributed by atoms with E-state index in [4.69, 9.17) is 10.5 Å². The lowest BCUT2D eigenvalue weighted by Gasteiger charge is -2.15. The molecular formula is C23H19N5O3S. The second-order valence-electron chi connectivity index (χ2n) is 7.30. The zero-order valence-electron chi connectivity index (χ0n) is 17.2. The number of esters is 1. The van der Waals surface area contributed by atoms with Crippen molar-refractivity contribution in [1.82, 2.24) is 19.9 Å². The molecule has 4 aromatic rings. The average molecular weight is 446 g/mol. The zero-order chi connectivity index (χ0) is 22.2. The summed E-state index contributed by atoms with van der Waals surface area (Å²) in [5.41, 5.74) is 10.2. The minimum Gasteiger partial charge on any atom is -0.422 e. The Bertz CT molecular complexity index is 1340. The first-order valence-electron chi connectivity index (χ1n) is 9.97. The van der Waals surface area contributed by atoms with E-state index in [0.29, 0.717) is 40.4 Å². The maximum absolute atomic E-state index is 12.9. The van der Waals surface area contributed by atoms with E-state index in [1.54, 1.807) is 42.6 Å². The molecule has 8 nitrogen and oxygen atoms in total. The molecule has 0 spiro atoms. The first kappa shape index (κ1) is 20.0. The number of nitrogen functional groups attached to an aromatic ring is 1. The molecule has 1 aliphatic rings. The van der Waals surface area contributed by atoms with Gasteiger partial charge in [-0.05, 0) is 35.2 Å². The van der Waals surface area contributed by atoms with Gasteiger partial charge >= 0.3 is 5.97 Å². The highest BCUT2D eigenvalue weighted by molar-refractivity contribution is 7.12. The largest absolute Gasteiger partial charge is 0.422 e. The van der Waals surface area contributed by atoms with Gasteiger partial charge in [0.1, 0.15) is 10.6 Å². The molecule has 3 aromatic heterocycles. The summed E-state index contributed by atoms with van der Waals surface area (Å²) >= 11 is 1.32. The molecule has 0 saturated carbocycles. The number of amides is 1. The van der Waals surface area contributed by atoms with Crippen molar-refractivity contribution in [3.8, 4) is 28.3 Å². The fourth-order valence-electron chi connectivity index (χ4n) is 4.01. The van der Waals surface area contributed by atoms with Crippen molar-refractivity contribution in [3.63, 3.8) is 0 Å². The molecule has 1 aliphatic heterocycles. The van der Waals surface area contributed by atoms with Gasteiger partial charge in [-0.15, -0.1) is 11.3 Å². The Hall–Kier alpha value is -3.98. The van der Waals surface area contributed by atoms with Crippen LogP contribution in [0.1, 0.15) is 25.7 Å². The van der Waals surface area contributed by atoms with Crippen LogP contribution in [0.15, 0.2) is 54.0 Å². The molecule has 9 heteroatoms. The summed E-state index contributed by atoms with van der Waals surface area (Å²) in [5, 5.41) is 4.74. The van der Waals surface area contributed by atoms with Crippen molar-refractivity contribution in [2.45, 2.75) is 6.42 Å². The molecule has 0 fully saturated rings. The second-order valence-corrected chi connectivity index (χ2v) is 8.25. The molecule has 3 N–H and O–H groups in total. The number of carbonyl (C=O) groups excluding carboxylic acids is 2. The van der Waals surface area contributed by atoms with E-state index in [1.807, 2.05) is 23.1 Å². The number of anilines is 1. The van der Waals surface area contributed by atoms with E-state index in [-0.39, 0.29) is 11.9 Å². The molecule has 32 heavy (non-hydrogen) atoms. The number of thiophene rings is 1. The summed E-state index contributed by atoms with van der Waals surface area (Å²) in [6.07, 6.45) is 2.28. The van der Waals surface area contributed by atoms with Gasteiger partial charge in [-0.2, -0.15) is 0 Å². The SMILES string of the molecule is Cn1c2c(c(-c3cccc(OC(=O)c4cccs4)c3)c1-c1ccnc(N)n1)C(=O)NCC2. The van der Waals surface area contributed by atoms with Gasteiger partial charge in [-0.1, -0.05) is 18.2 Å². The molecule has 0 bridgehead atoms. The summed E-state index contributed by atoms with van der Waals surface area (Å²) in [6.45, 7) is 0.562. The van der Waals surface area contributed by atoms with Gasteiger partial charge in [0, 0.05) is 37.5 Å². The molecule has 0 radical (unpaired) electrons. The summed E-state index contributed by atoms with van der Waals surface area (Å²) < 4.78 is 7.56. The molecule has 0 unspecified atom stereocenters. The summed E-state index contributed by atoms with van der Waals surface area (Å²) in [5.74, 6) is -0.0292. The van der Waals surface area contributed by atoms with Crippen molar-refractivity contribution in [2.75, 3.05) is 12.3 Å². The van der Waals surface area contributed by atoms with Crippen LogP contribution in [-0.4, -0.2) is 33.0 Å². The van der Waals surface area contributed by atoms with Crippen LogP contribution in [0.2, 0.25) is 0 Å². The summed E-state index contributed by atoms with van der Waals surface area (Å²) in [7, 11) is 1.91. The van der Waals surface area contributed by atoms with Gasteiger partial charge < -0.3 is 20.4 Å². The average Bonchev–Trinajstić information content (AvgIpc) is 3.42. The molecule has 0 saturated heterocycles. The number of aromatic nitrogens is 3. The number of rotatable bonds is 4. The Morgan fingerprint density at radius 2 is 2.09 bits per heavy atom. The van der Waals surface area contributed by atoms with E-state index in [2.05, 4.69) is 15.3 Å². The summed E-state index contributed by atoms with van der Waals surface area (Å²) in [6, 6.07) is 12.4. The van der Waals surface area contributed by atoms with Crippen molar-refractivity contribution < 1.29 is 14.3 Å². The summed E-state index contributed by atoms with van der Waals surface area (Å²) in [4.78, 5) is 34.2. The Kier molecular flexibility index (Phi) is 4.95. The minimum atomic E-state index is -0.422. The second kappa shape index (κ2) is 7.93. The van der Waals surface area contributed by atoms with Crippen molar-refractivity contribution >= 4 is 29.2 Å². The third kappa shape index (κ3) is 3.42. The van der Waals surface area contributed by atoms with Crippen molar-refractivity contribution in [3.05, 3.63) is 70.2 Å². The van der Waals surface area contributed by atoms with Crippen LogP contribution >= 0.6 is 11.3 Å². The van der Waals surface area contributed by atoms with Gasteiger partial charge in [0.2, 0.25) is 5.95 Å². The highest BCUT2D eigenvalue weighted by Crippen LogP contribution is 2.40. The van der Waals surface area contributed by atoms with Crippen molar-refractivity contribution in [2.24, 2.45) is 7.05 Å². The maximum Gasteiger partial charge on any atom is 0.353 e. The third-order valence-electron chi connectivity index (χ3n) is 5.36. The number of nitrogens with zero attached hydrogens (tertiary/aromatic N) is 3. The predicted octanol–water partition coefficient (Wildman–Crippen LogP) is 3.30. The van der Waals surface area contributed by atoms with Crippen molar-refractivity contribution in [1.29, 1.82) is 0 Å². The third-order valence-corrected chi connectivity index (χ3v) is 6.21. The lowest BCUT2D eigenvalue weighted by Crippen LogP contribution is -2.32. The van der Waals surface area contributed by atoms with Crippen LogP contribution < -0.4 is 15.8 Å². The number of nitrogens with one attached hydrogen (secondary N) is 1. The van der Waals surface area contributed by atoms with E-state index in [1.165, 1.54) is 11.3 Å². The Balaban J connectivity index is 1.66. The topological polar surface area (TPSA) is 112 Å². The van der Waals surface area contributed by atoms with Gasteiger partial charge in [0.15, 0.2) is 0 Å². The van der Waals surface area contributed by atoms with Gasteiger partial charge in [-0.3, -0.25) is 4.79 Å². The Morgan fingerprint density at radius 1 is 1.22 bits per heavy atom. The first-order chi connectivity index (χ1) is 15.5. The number of hydrogen-bond donors (Lipinski definition) is 2. The maximum atomic E-state index is 12.9. The lowest BCUT2D eigenvalue weighted by atomic mass is 9.96. The highest BCUT2D eigenvalue weighted by Gasteiger charge is 2.30. The number of ether oxygens (including phenoxy) is 1.